The summed E-state index contributed by atoms with van der Waals surface area (Å²) in [6.07, 6.45) is 2.77. The molecule has 0 aliphatic heterocycles. The van der Waals surface area contributed by atoms with Gasteiger partial charge < -0.3 is 5.84 Å². The minimum absolute atomic E-state index is 0.138. The van der Waals surface area contributed by atoms with Crippen molar-refractivity contribution in [2.45, 2.75) is 6.42 Å². The number of nitrogens with two attached hydrogens (primary N) is 1. The molecule has 0 spiro atoms. The van der Waals surface area contributed by atoms with Gasteiger partial charge in [-0.25, -0.2) is 8.78 Å². The number of hydrogen-bond donors (Lipinski definition) is 2. The van der Waals surface area contributed by atoms with Gasteiger partial charge >= 0.3 is 0 Å². The second-order valence-corrected chi connectivity index (χ2v) is 2.61. The number of halogens is 2. The minimum atomic E-state index is -0.611. The monoisotopic (exact) mass is 204 g/mol. The van der Waals surface area contributed by atoms with Gasteiger partial charge in [-0.15, -0.1) is 12.6 Å². The van der Waals surface area contributed by atoms with Crippen molar-refractivity contribution < 1.29 is 8.78 Å². The molecule has 0 aromatic carbocycles. The summed E-state index contributed by atoms with van der Waals surface area (Å²) in [5.74, 6) is 3.63. The van der Waals surface area contributed by atoms with Crippen LogP contribution in [0.2, 0.25) is 0 Å². The van der Waals surface area contributed by atoms with Crippen LogP contribution in [0.1, 0.15) is 6.42 Å². The number of rotatable bonds is 4. The Morgan fingerprint density at radius 1 is 1.46 bits per heavy atom. The number of thiol groups is 1. The first kappa shape index (κ1) is 11.9. The fourth-order valence-corrected chi connectivity index (χ4v) is 0.645. The Labute approximate surface area is 80.9 Å². The van der Waals surface area contributed by atoms with E-state index >= 15 is 0 Å². The topological polar surface area (TPSA) is 38.4 Å². The molecule has 0 aromatic rings. The molecule has 0 saturated carbocycles. The molecule has 0 aliphatic carbocycles. The van der Waals surface area contributed by atoms with E-state index in [9.17, 15) is 8.78 Å². The molecule has 0 aromatic heterocycles. The van der Waals surface area contributed by atoms with E-state index < -0.39 is 11.7 Å². The van der Waals surface area contributed by atoms with Gasteiger partial charge in [-0.3, -0.25) is 0 Å². The first-order valence-corrected chi connectivity index (χ1v) is 3.85. The molecule has 0 heterocycles. The van der Waals surface area contributed by atoms with Crippen molar-refractivity contribution >= 4 is 17.7 Å². The zero-order valence-corrected chi connectivity index (χ0v) is 7.77. The van der Waals surface area contributed by atoms with Gasteiger partial charge in [0, 0.05) is 6.42 Å². The van der Waals surface area contributed by atoms with Gasteiger partial charge in [0.15, 0.2) is 0 Å². The number of hydrazone groups is 1. The first-order valence-electron chi connectivity index (χ1n) is 3.40. The Hall–Kier alpha value is -1.10. The molecule has 0 amide bonds. The molecule has 0 rings (SSSR count). The standard InChI is InChI=1S/C8H10F2N2S/c1-2-6(9)3-4-7(10)5-8(13)12-11/h2-4H,1,5,11H2,(H,12,13)/b6-3+,7-4+. The van der Waals surface area contributed by atoms with E-state index in [2.05, 4.69) is 24.3 Å². The molecule has 2 nitrogen and oxygen atoms in total. The lowest BCUT2D eigenvalue weighted by Crippen LogP contribution is -1.93. The third-order valence-corrected chi connectivity index (χ3v) is 1.37. The summed E-state index contributed by atoms with van der Waals surface area (Å²) in [4.78, 5) is 0. The number of allylic oxidation sites excluding steroid dienone is 5. The van der Waals surface area contributed by atoms with Gasteiger partial charge in [0.05, 0.1) is 5.04 Å². The van der Waals surface area contributed by atoms with Crippen LogP contribution in [0.15, 0.2) is 41.6 Å². The highest BCUT2D eigenvalue weighted by Crippen LogP contribution is 2.08. The average Bonchev–Trinajstić information content (AvgIpc) is 2.13. The molecule has 0 atom stereocenters. The second-order valence-electron chi connectivity index (χ2n) is 2.09. The molecule has 72 valence electrons. The van der Waals surface area contributed by atoms with Crippen LogP contribution in [0.5, 0.6) is 0 Å². The molecular formula is C8H10F2N2S. The van der Waals surface area contributed by atoms with Crippen LogP contribution in [0, 0.1) is 0 Å². The molecule has 0 bridgehead atoms. The van der Waals surface area contributed by atoms with Gasteiger partial charge in [-0.2, -0.15) is 5.10 Å². The molecule has 0 radical (unpaired) electrons. The van der Waals surface area contributed by atoms with Crippen LogP contribution in [-0.4, -0.2) is 5.04 Å². The van der Waals surface area contributed by atoms with Crippen LogP contribution in [-0.2, 0) is 0 Å². The van der Waals surface area contributed by atoms with Crippen LogP contribution < -0.4 is 5.84 Å². The molecule has 0 aliphatic rings. The van der Waals surface area contributed by atoms with Gasteiger partial charge in [0.2, 0.25) is 0 Å². The van der Waals surface area contributed by atoms with Crippen molar-refractivity contribution in [3.8, 4) is 0 Å². The third-order valence-electron chi connectivity index (χ3n) is 1.09. The van der Waals surface area contributed by atoms with Crippen LogP contribution in [0.25, 0.3) is 0 Å². The average molecular weight is 204 g/mol. The van der Waals surface area contributed by atoms with E-state index in [-0.39, 0.29) is 11.5 Å². The lowest BCUT2D eigenvalue weighted by Gasteiger charge is -1.92. The summed E-state index contributed by atoms with van der Waals surface area (Å²) < 4.78 is 25.1. The summed E-state index contributed by atoms with van der Waals surface area (Å²) in [6.45, 7) is 3.16. The van der Waals surface area contributed by atoms with E-state index in [1.54, 1.807) is 0 Å². The summed E-state index contributed by atoms with van der Waals surface area (Å²) in [6, 6.07) is 0. The molecule has 2 N–H and O–H groups in total. The highest BCUT2D eigenvalue weighted by atomic mass is 32.1. The summed E-state index contributed by atoms with van der Waals surface area (Å²) >= 11 is 3.75. The molecule has 5 heteroatoms. The van der Waals surface area contributed by atoms with E-state index in [0.29, 0.717) is 0 Å². The summed E-state index contributed by atoms with van der Waals surface area (Å²) in [7, 11) is 0. The van der Waals surface area contributed by atoms with E-state index in [0.717, 1.165) is 18.2 Å². The Kier molecular flexibility index (Phi) is 5.88. The molecule has 13 heavy (non-hydrogen) atoms. The summed E-state index contributed by atoms with van der Waals surface area (Å²) in [5.41, 5.74) is 0. The molecule has 0 fully saturated rings. The van der Waals surface area contributed by atoms with Crippen LogP contribution >= 0.6 is 12.6 Å². The minimum Gasteiger partial charge on any atom is -0.323 e. The zero-order chi connectivity index (χ0) is 10.3. The zero-order valence-electron chi connectivity index (χ0n) is 6.87. The predicted octanol–water partition coefficient (Wildman–Crippen LogP) is 2.47. The maximum Gasteiger partial charge on any atom is 0.122 e. The highest BCUT2D eigenvalue weighted by Gasteiger charge is 1.97. The Morgan fingerprint density at radius 2 is 2.08 bits per heavy atom. The lowest BCUT2D eigenvalue weighted by molar-refractivity contribution is 0.623. The van der Waals surface area contributed by atoms with Gasteiger partial charge in [0.1, 0.15) is 11.7 Å². The van der Waals surface area contributed by atoms with Crippen LogP contribution in [0.4, 0.5) is 8.78 Å². The van der Waals surface area contributed by atoms with E-state index in [1.165, 1.54) is 0 Å². The third kappa shape index (κ3) is 6.10. The van der Waals surface area contributed by atoms with Crippen molar-refractivity contribution in [1.29, 1.82) is 0 Å². The van der Waals surface area contributed by atoms with Crippen molar-refractivity contribution in [2.24, 2.45) is 10.9 Å². The van der Waals surface area contributed by atoms with Crippen molar-refractivity contribution in [2.75, 3.05) is 0 Å². The Bertz CT molecular complexity index is 269. The highest BCUT2D eigenvalue weighted by molar-refractivity contribution is 7.97. The number of hydrogen-bond acceptors (Lipinski definition) is 2. The van der Waals surface area contributed by atoms with E-state index in [1.807, 2.05) is 0 Å². The largest absolute Gasteiger partial charge is 0.323 e. The fraction of sp³-hybridized carbons (Fsp3) is 0.125. The molecule has 0 unspecified atom stereocenters. The maximum atomic E-state index is 12.8. The predicted molar refractivity (Wildman–Crippen MR) is 53.8 cm³/mol. The van der Waals surface area contributed by atoms with Gasteiger partial charge in [0.25, 0.3) is 0 Å². The molecule has 0 saturated heterocycles. The Balaban J connectivity index is 4.26. The SMILES string of the molecule is C=C/C(F)=C\C=C(\F)C/C(S)=N/N. The second kappa shape index (κ2) is 6.42. The quantitative estimate of drug-likeness (QED) is 0.181. The van der Waals surface area contributed by atoms with Crippen molar-refractivity contribution in [3.63, 3.8) is 0 Å². The summed E-state index contributed by atoms with van der Waals surface area (Å²) in [5, 5.41) is 3.28. The van der Waals surface area contributed by atoms with Gasteiger partial charge in [-0.1, -0.05) is 6.58 Å². The number of nitrogens with zero attached hydrogens (tertiary/aromatic N) is 1. The smallest absolute Gasteiger partial charge is 0.122 e. The normalized spacial score (nSPS) is 14.5. The van der Waals surface area contributed by atoms with Crippen molar-refractivity contribution in [3.05, 3.63) is 36.5 Å². The van der Waals surface area contributed by atoms with E-state index in [4.69, 9.17) is 5.84 Å². The lowest BCUT2D eigenvalue weighted by atomic mass is 10.3. The molecular weight excluding hydrogens is 194 g/mol. The van der Waals surface area contributed by atoms with Crippen LogP contribution in [0.3, 0.4) is 0 Å². The van der Waals surface area contributed by atoms with Gasteiger partial charge in [-0.05, 0) is 18.2 Å². The fourth-order valence-electron chi connectivity index (χ4n) is 0.494. The van der Waals surface area contributed by atoms with Crippen molar-refractivity contribution in [1.82, 2.24) is 0 Å². The first-order chi connectivity index (χ1) is 6.10. The maximum absolute atomic E-state index is 12.8. The Morgan fingerprint density at radius 3 is 2.54 bits per heavy atom.